The summed E-state index contributed by atoms with van der Waals surface area (Å²) in [5, 5.41) is 2.88. The minimum atomic E-state index is -4.15. The number of thioether (sulfide) groups is 1. The van der Waals surface area contributed by atoms with Gasteiger partial charge in [-0.3, -0.25) is 13.9 Å². The standard InChI is InChI=1S/C30H36FN3O4S2/c1-21-7-13-25(14-8-21)34(40(37,38)27-17-15-26(39-6)16-18-27)20-28(35)33(19-23-9-11-24(31)12-10-23)22(2)29(36)32-30(3,4)5/h7-18,22H,19-20H2,1-6H3,(H,32,36)/t22-/m1/s1. The van der Waals surface area contributed by atoms with Gasteiger partial charge in [0.05, 0.1) is 10.6 Å². The van der Waals surface area contributed by atoms with Crippen LogP contribution in [0.5, 0.6) is 0 Å². The molecule has 0 bridgehead atoms. The van der Waals surface area contributed by atoms with Gasteiger partial charge in [-0.05, 0) is 95.0 Å². The highest BCUT2D eigenvalue weighted by molar-refractivity contribution is 7.98. The number of sulfonamides is 1. The SMILES string of the molecule is CSc1ccc(S(=O)(=O)N(CC(=O)N(Cc2ccc(F)cc2)[C@H](C)C(=O)NC(C)(C)C)c2ccc(C)cc2)cc1. The van der Waals surface area contributed by atoms with Crippen molar-refractivity contribution < 1.29 is 22.4 Å². The van der Waals surface area contributed by atoms with E-state index in [-0.39, 0.29) is 17.3 Å². The van der Waals surface area contributed by atoms with Crippen LogP contribution in [-0.2, 0) is 26.2 Å². The third kappa shape index (κ3) is 8.08. The summed E-state index contributed by atoms with van der Waals surface area (Å²) in [5.41, 5.74) is 1.31. The second-order valence-electron chi connectivity index (χ2n) is 10.6. The molecule has 0 aliphatic heterocycles. The van der Waals surface area contributed by atoms with Gasteiger partial charge in [-0.1, -0.05) is 29.8 Å². The molecule has 2 amide bonds. The van der Waals surface area contributed by atoms with E-state index in [4.69, 9.17) is 0 Å². The fourth-order valence-corrected chi connectivity index (χ4v) is 5.78. The lowest BCUT2D eigenvalue weighted by Crippen LogP contribution is -2.54. The number of nitrogens with one attached hydrogen (secondary N) is 1. The van der Waals surface area contributed by atoms with Gasteiger partial charge >= 0.3 is 0 Å². The van der Waals surface area contributed by atoms with Crippen molar-refractivity contribution >= 4 is 39.3 Å². The summed E-state index contributed by atoms with van der Waals surface area (Å²) in [6.45, 7) is 8.42. The summed E-state index contributed by atoms with van der Waals surface area (Å²) >= 11 is 1.49. The molecule has 0 saturated heterocycles. The molecule has 7 nitrogen and oxygen atoms in total. The molecule has 3 rings (SSSR count). The highest BCUT2D eigenvalue weighted by atomic mass is 32.2. The van der Waals surface area contributed by atoms with Gasteiger partial charge in [0.15, 0.2) is 0 Å². The van der Waals surface area contributed by atoms with Crippen molar-refractivity contribution in [2.75, 3.05) is 17.1 Å². The zero-order valence-corrected chi connectivity index (χ0v) is 25.3. The van der Waals surface area contributed by atoms with Crippen LogP contribution >= 0.6 is 11.8 Å². The Morgan fingerprint density at radius 2 is 1.52 bits per heavy atom. The molecule has 0 spiro atoms. The van der Waals surface area contributed by atoms with Crippen molar-refractivity contribution in [1.29, 1.82) is 0 Å². The third-order valence-corrected chi connectivity index (χ3v) is 8.71. The molecule has 0 unspecified atom stereocenters. The summed E-state index contributed by atoms with van der Waals surface area (Å²) in [7, 11) is -4.15. The maximum absolute atomic E-state index is 13.9. The zero-order valence-electron chi connectivity index (χ0n) is 23.6. The third-order valence-electron chi connectivity index (χ3n) is 6.18. The molecule has 0 aromatic heterocycles. The lowest BCUT2D eigenvalue weighted by molar-refractivity contribution is -0.140. The Morgan fingerprint density at radius 3 is 2.05 bits per heavy atom. The molecule has 40 heavy (non-hydrogen) atoms. The molecule has 0 radical (unpaired) electrons. The highest BCUT2D eigenvalue weighted by Gasteiger charge is 2.33. The first-order chi connectivity index (χ1) is 18.7. The maximum Gasteiger partial charge on any atom is 0.264 e. The van der Waals surface area contributed by atoms with Crippen molar-refractivity contribution in [2.45, 2.75) is 62.5 Å². The van der Waals surface area contributed by atoms with Crippen LogP contribution in [0.1, 0.15) is 38.8 Å². The summed E-state index contributed by atoms with van der Waals surface area (Å²) in [4.78, 5) is 29.3. The molecule has 3 aromatic rings. The second-order valence-corrected chi connectivity index (χ2v) is 13.3. The minimum Gasteiger partial charge on any atom is -0.350 e. The zero-order chi connectivity index (χ0) is 29.7. The van der Waals surface area contributed by atoms with Gasteiger partial charge in [-0.15, -0.1) is 11.8 Å². The summed E-state index contributed by atoms with van der Waals surface area (Å²) in [5.74, 6) is -1.39. The maximum atomic E-state index is 13.9. The van der Waals surface area contributed by atoms with E-state index in [1.165, 1.54) is 53.1 Å². The molecule has 0 fully saturated rings. The average Bonchev–Trinajstić information content (AvgIpc) is 2.90. The Bertz CT molecular complexity index is 1420. The molecular formula is C30H36FN3O4S2. The number of hydrogen-bond donors (Lipinski definition) is 1. The van der Waals surface area contributed by atoms with Crippen molar-refractivity contribution in [3.63, 3.8) is 0 Å². The van der Waals surface area contributed by atoms with Gasteiger partial charge in [0.1, 0.15) is 18.4 Å². The number of carbonyl (C=O) groups is 2. The summed E-state index contributed by atoms with van der Waals surface area (Å²) in [6, 6.07) is 18.0. The van der Waals surface area contributed by atoms with Crippen molar-refractivity contribution in [2.24, 2.45) is 0 Å². The van der Waals surface area contributed by atoms with E-state index in [1.807, 2.05) is 34.0 Å². The number of carbonyl (C=O) groups excluding carboxylic acids is 2. The van der Waals surface area contributed by atoms with Gasteiger partial charge in [0.25, 0.3) is 10.0 Å². The molecule has 0 aliphatic rings. The topological polar surface area (TPSA) is 86.8 Å². The first-order valence-electron chi connectivity index (χ1n) is 12.8. The minimum absolute atomic E-state index is 0.0119. The molecule has 1 N–H and O–H groups in total. The summed E-state index contributed by atoms with van der Waals surface area (Å²) in [6.07, 6.45) is 1.90. The second kappa shape index (κ2) is 12.9. The summed E-state index contributed by atoms with van der Waals surface area (Å²) < 4.78 is 42.4. The van der Waals surface area contributed by atoms with Crippen LogP contribution < -0.4 is 9.62 Å². The predicted octanol–water partition coefficient (Wildman–Crippen LogP) is 5.38. The quantitative estimate of drug-likeness (QED) is 0.323. The average molecular weight is 586 g/mol. The van der Waals surface area contributed by atoms with Crippen molar-refractivity contribution in [1.82, 2.24) is 10.2 Å². The molecular weight excluding hydrogens is 549 g/mol. The number of benzene rings is 3. The number of hydrogen-bond acceptors (Lipinski definition) is 5. The number of anilines is 1. The Hall–Kier alpha value is -3.37. The van der Waals surface area contributed by atoms with Crippen molar-refractivity contribution in [3.05, 3.63) is 89.7 Å². The normalized spacial score (nSPS) is 12.5. The van der Waals surface area contributed by atoms with Crippen LogP contribution in [-0.4, -0.2) is 49.5 Å². The molecule has 214 valence electrons. The van der Waals surface area contributed by atoms with Gasteiger partial charge in [-0.25, -0.2) is 12.8 Å². The Labute approximate surface area is 240 Å². The van der Waals surface area contributed by atoms with E-state index in [0.717, 1.165) is 14.8 Å². The smallest absolute Gasteiger partial charge is 0.264 e. The molecule has 0 saturated carbocycles. The van der Waals surface area contributed by atoms with E-state index in [2.05, 4.69) is 5.32 Å². The van der Waals surface area contributed by atoms with Gasteiger partial charge < -0.3 is 10.2 Å². The van der Waals surface area contributed by atoms with E-state index < -0.39 is 39.9 Å². The monoisotopic (exact) mass is 585 g/mol. The van der Waals surface area contributed by atoms with Crippen LogP contribution in [0.3, 0.4) is 0 Å². The largest absolute Gasteiger partial charge is 0.350 e. The van der Waals surface area contributed by atoms with Gasteiger partial charge in [-0.2, -0.15) is 0 Å². The van der Waals surface area contributed by atoms with Crippen LogP contribution in [0, 0.1) is 12.7 Å². The molecule has 0 heterocycles. The van der Waals surface area contributed by atoms with Crippen molar-refractivity contribution in [3.8, 4) is 0 Å². The van der Waals surface area contributed by atoms with E-state index in [0.29, 0.717) is 11.3 Å². The number of amides is 2. The molecule has 0 aliphatic carbocycles. The number of rotatable bonds is 10. The Balaban J connectivity index is 2.03. The highest BCUT2D eigenvalue weighted by Crippen LogP contribution is 2.26. The Morgan fingerprint density at radius 1 is 0.950 bits per heavy atom. The molecule has 10 heteroatoms. The van der Waals surface area contributed by atoms with Crippen LogP contribution in [0.2, 0.25) is 0 Å². The van der Waals surface area contributed by atoms with E-state index in [9.17, 15) is 22.4 Å². The van der Waals surface area contributed by atoms with Gasteiger partial charge in [0.2, 0.25) is 11.8 Å². The number of aryl methyl sites for hydroxylation is 1. The lowest BCUT2D eigenvalue weighted by atomic mass is 10.1. The van der Waals surface area contributed by atoms with Gasteiger partial charge in [0, 0.05) is 17.0 Å². The Kier molecular flexibility index (Phi) is 10.0. The lowest BCUT2D eigenvalue weighted by Gasteiger charge is -2.33. The fourth-order valence-electron chi connectivity index (χ4n) is 3.96. The van der Waals surface area contributed by atoms with Crippen LogP contribution in [0.4, 0.5) is 10.1 Å². The van der Waals surface area contributed by atoms with E-state index in [1.54, 1.807) is 43.3 Å². The molecule has 3 aromatic carbocycles. The predicted molar refractivity (Wildman–Crippen MR) is 158 cm³/mol. The van der Waals surface area contributed by atoms with Crippen LogP contribution in [0.15, 0.2) is 82.6 Å². The first kappa shape index (κ1) is 31.2. The number of nitrogens with zero attached hydrogens (tertiary/aromatic N) is 2. The first-order valence-corrected chi connectivity index (χ1v) is 15.5. The molecule has 1 atom stereocenters. The number of halogens is 1. The fraction of sp³-hybridized carbons (Fsp3) is 0.333. The van der Waals surface area contributed by atoms with Crippen LogP contribution in [0.25, 0.3) is 0 Å². The van der Waals surface area contributed by atoms with E-state index >= 15 is 0 Å².